The quantitative estimate of drug-likeness (QED) is 0.416. The molecule has 1 unspecified atom stereocenters. The fourth-order valence-electron chi connectivity index (χ4n) is 4.66. The Morgan fingerprint density at radius 2 is 2.00 bits per heavy atom. The normalized spacial score (nSPS) is 20.7. The first-order valence-electron chi connectivity index (χ1n) is 10.3. The van der Waals surface area contributed by atoms with Crippen molar-refractivity contribution in [3.63, 3.8) is 0 Å². The van der Waals surface area contributed by atoms with Crippen molar-refractivity contribution in [2.24, 2.45) is 0 Å². The van der Waals surface area contributed by atoms with Gasteiger partial charge >= 0.3 is 6.03 Å². The predicted molar refractivity (Wildman–Crippen MR) is 122 cm³/mol. The summed E-state index contributed by atoms with van der Waals surface area (Å²) in [6.07, 6.45) is 4.86. The second-order valence-corrected chi connectivity index (χ2v) is 8.94. The Hall–Kier alpha value is -3.53. The van der Waals surface area contributed by atoms with E-state index in [1.165, 1.54) is 0 Å². The molecule has 0 bridgehead atoms. The number of halogens is 1. The molecule has 2 atom stereocenters. The second-order valence-electron chi connectivity index (χ2n) is 8.14. The van der Waals surface area contributed by atoms with Crippen molar-refractivity contribution in [2.45, 2.75) is 24.8 Å². The molecule has 0 radical (unpaired) electrons. The molecular weight excluding hydrogens is 474 g/mol. The van der Waals surface area contributed by atoms with Crippen LogP contribution in [0.2, 0.25) is 0 Å². The summed E-state index contributed by atoms with van der Waals surface area (Å²) in [6.45, 7) is 0.407. The number of aromatic nitrogens is 4. The number of hydrogen-bond acceptors (Lipinski definition) is 6. The van der Waals surface area contributed by atoms with Gasteiger partial charge in [-0.15, -0.1) is 0 Å². The average molecular weight is 492 g/mol. The Balaban J connectivity index is 1.45. The van der Waals surface area contributed by atoms with Crippen molar-refractivity contribution < 1.29 is 9.59 Å². The van der Waals surface area contributed by atoms with Gasteiger partial charge in [0.2, 0.25) is 0 Å². The number of hydrogen-bond donors (Lipinski definition) is 2. The Kier molecular flexibility index (Phi) is 4.19. The zero-order valence-electron chi connectivity index (χ0n) is 16.8. The van der Waals surface area contributed by atoms with Gasteiger partial charge in [-0.05, 0) is 40.9 Å². The minimum Gasteiger partial charge on any atom is -0.383 e. The fraction of sp³-hybridized carbons (Fsp3) is 0.227. The molecule has 2 aliphatic rings. The zero-order valence-corrected chi connectivity index (χ0v) is 18.4. The third-order valence-corrected chi connectivity index (χ3v) is 7.12. The first kappa shape index (κ1) is 19.2. The number of benzene rings is 1. The molecule has 1 aromatic carbocycles. The Labute approximate surface area is 190 Å². The summed E-state index contributed by atoms with van der Waals surface area (Å²) in [6, 6.07) is 9.24. The van der Waals surface area contributed by atoms with E-state index in [0.717, 1.165) is 34.1 Å². The molecule has 2 aliphatic heterocycles. The number of rotatable bonds is 2. The van der Waals surface area contributed by atoms with Crippen molar-refractivity contribution in [3.8, 4) is 11.1 Å². The van der Waals surface area contributed by atoms with Crippen LogP contribution in [0.15, 0.2) is 47.2 Å². The number of amides is 3. The Bertz CT molecular complexity index is 1430. The lowest BCUT2D eigenvalue weighted by atomic mass is 9.90. The van der Waals surface area contributed by atoms with Crippen molar-refractivity contribution in [1.82, 2.24) is 29.8 Å². The van der Waals surface area contributed by atoms with Crippen LogP contribution in [-0.2, 0) is 4.79 Å². The number of nitrogens with zero attached hydrogens (tertiary/aromatic N) is 5. The SMILES string of the molecule is Nc1c(Br)c([C@H]2CCC3C(=O)NC(=O)N3C2)nc2c(-c3cnc4ccccc4c3)cnn12. The summed E-state index contributed by atoms with van der Waals surface area (Å²) in [5.41, 5.74) is 10.4. The number of fused-ring (bicyclic) bond motifs is 3. The van der Waals surface area contributed by atoms with Gasteiger partial charge in [0, 0.05) is 35.2 Å². The summed E-state index contributed by atoms with van der Waals surface area (Å²) >= 11 is 3.59. The minimum absolute atomic E-state index is 0.0537. The van der Waals surface area contributed by atoms with E-state index in [-0.39, 0.29) is 17.9 Å². The van der Waals surface area contributed by atoms with Crippen LogP contribution < -0.4 is 11.1 Å². The molecule has 10 heteroatoms. The number of pyridine rings is 1. The van der Waals surface area contributed by atoms with E-state index in [9.17, 15) is 9.59 Å². The number of carbonyl (C=O) groups excluding carboxylic acids is 2. The zero-order chi connectivity index (χ0) is 22.0. The van der Waals surface area contributed by atoms with Gasteiger partial charge in [-0.25, -0.2) is 9.78 Å². The fourth-order valence-corrected chi connectivity index (χ4v) is 5.24. The maximum Gasteiger partial charge on any atom is 0.324 e. The molecule has 9 nitrogen and oxygen atoms in total. The van der Waals surface area contributed by atoms with Crippen LogP contribution in [0.25, 0.3) is 27.7 Å². The molecule has 4 aromatic rings. The van der Waals surface area contributed by atoms with E-state index in [2.05, 4.69) is 37.4 Å². The maximum atomic E-state index is 12.2. The molecule has 2 fully saturated rings. The van der Waals surface area contributed by atoms with Crippen LogP contribution in [0.5, 0.6) is 0 Å². The molecule has 3 amide bonds. The number of para-hydroxylation sites is 1. The summed E-state index contributed by atoms with van der Waals surface area (Å²) in [7, 11) is 0. The lowest BCUT2D eigenvalue weighted by Gasteiger charge is -2.33. The molecule has 0 aliphatic carbocycles. The Morgan fingerprint density at radius 1 is 1.16 bits per heavy atom. The van der Waals surface area contributed by atoms with Crippen molar-refractivity contribution in [3.05, 3.63) is 52.9 Å². The lowest BCUT2D eigenvalue weighted by Crippen LogP contribution is -2.42. The van der Waals surface area contributed by atoms with Gasteiger partial charge in [0.25, 0.3) is 5.91 Å². The van der Waals surface area contributed by atoms with Crippen LogP contribution in [0.4, 0.5) is 10.6 Å². The van der Waals surface area contributed by atoms with E-state index < -0.39 is 6.04 Å². The largest absolute Gasteiger partial charge is 0.383 e. The number of nitrogens with one attached hydrogen (secondary N) is 1. The number of anilines is 1. The summed E-state index contributed by atoms with van der Waals surface area (Å²) in [5.74, 6) is 0.161. The number of nitrogens with two attached hydrogens (primary N) is 1. The summed E-state index contributed by atoms with van der Waals surface area (Å²) in [5, 5.41) is 7.87. The highest BCUT2D eigenvalue weighted by Crippen LogP contribution is 2.38. The molecule has 0 saturated carbocycles. The molecule has 5 heterocycles. The first-order chi connectivity index (χ1) is 15.5. The first-order valence-corrected chi connectivity index (χ1v) is 11.1. The van der Waals surface area contributed by atoms with Gasteiger partial charge in [-0.1, -0.05) is 18.2 Å². The van der Waals surface area contributed by atoms with Gasteiger partial charge in [-0.3, -0.25) is 15.1 Å². The number of imide groups is 1. The smallest absolute Gasteiger partial charge is 0.324 e. The highest BCUT2D eigenvalue weighted by Gasteiger charge is 2.43. The van der Waals surface area contributed by atoms with Crippen molar-refractivity contribution in [1.29, 1.82) is 0 Å². The maximum absolute atomic E-state index is 12.2. The molecule has 6 rings (SSSR count). The van der Waals surface area contributed by atoms with E-state index in [1.54, 1.807) is 15.6 Å². The van der Waals surface area contributed by atoms with Gasteiger partial charge < -0.3 is 10.6 Å². The second kappa shape index (κ2) is 6.99. The highest BCUT2D eigenvalue weighted by molar-refractivity contribution is 9.10. The van der Waals surface area contributed by atoms with Crippen molar-refractivity contribution in [2.75, 3.05) is 12.3 Å². The van der Waals surface area contributed by atoms with Crippen LogP contribution in [-0.4, -0.2) is 49.0 Å². The molecule has 3 aromatic heterocycles. The van der Waals surface area contributed by atoms with Gasteiger partial charge in [0.1, 0.15) is 11.9 Å². The minimum atomic E-state index is -0.396. The van der Waals surface area contributed by atoms with E-state index in [0.29, 0.717) is 28.9 Å². The molecule has 32 heavy (non-hydrogen) atoms. The monoisotopic (exact) mass is 491 g/mol. The van der Waals surface area contributed by atoms with Crippen LogP contribution in [0, 0.1) is 0 Å². The highest BCUT2D eigenvalue weighted by atomic mass is 79.9. The van der Waals surface area contributed by atoms with E-state index >= 15 is 0 Å². The molecule has 160 valence electrons. The standard InChI is InChI=1S/C22H18BrN7O2/c23-17-18(12-5-6-16-21(31)28-22(32)29(16)10-12)27-20-14(9-26-30(20)19(17)24)13-7-11-3-1-2-4-15(11)25-8-13/h1-4,7-9,12,16H,5-6,10,24H2,(H,28,31,32)/t12-,16?/m0/s1. The third kappa shape index (κ3) is 2.79. The van der Waals surface area contributed by atoms with Crippen molar-refractivity contribution >= 4 is 50.2 Å². The average Bonchev–Trinajstić information content (AvgIpc) is 3.36. The van der Waals surface area contributed by atoms with Gasteiger partial charge in [0.15, 0.2) is 5.65 Å². The van der Waals surface area contributed by atoms with Gasteiger partial charge in [-0.2, -0.15) is 9.61 Å². The van der Waals surface area contributed by atoms with E-state index in [4.69, 9.17) is 10.7 Å². The molecule has 0 spiro atoms. The predicted octanol–water partition coefficient (Wildman–Crippen LogP) is 3.09. The summed E-state index contributed by atoms with van der Waals surface area (Å²) < 4.78 is 2.26. The number of nitrogen functional groups attached to an aromatic ring is 1. The van der Waals surface area contributed by atoms with Gasteiger partial charge in [0.05, 0.1) is 21.9 Å². The van der Waals surface area contributed by atoms with Crippen LogP contribution in [0.3, 0.4) is 0 Å². The molecular formula is C22H18BrN7O2. The topological polar surface area (TPSA) is 119 Å². The van der Waals surface area contributed by atoms with Crippen LogP contribution in [0.1, 0.15) is 24.5 Å². The van der Waals surface area contributed by atoms with E-state index in [1.807, 2.05) is 30.5 Å². The third-order valence-electron chi connectivity index (χ3n) is 6.31. The number of piperidine rings is 1. The molecule has 3 N–H and O–H groups in total. The molecule has 2 saturated heterocycles. The number of urea groups is 1. The Morgan fingerprint density at radius 3 is 2.88 bits per heavy atom. The lowest BCUT2D eigenvalue weighted by molar-refractivity contribution is -0.122. The summed E-state index contributed by atoms with van der Waals surface area (Å²) in [4.78, 5) is 35.3. The number of carbonyl (C=O) groups is 2. The van der Waals surface area contributed by atoms with Crippen LogP contribution >= 0.6 is 15.9 Å².